The topological polar surface area (TPSA) is 61.4 Å². The summed E-state index contributed by atoms with van der Waals surface area (Å²) in [5, 5.41) is 6.01. The summed E-state index contributed by atoms with van der Waals surface area (Å²) >= 11 is 0. The number of hydrogen-bond acceptors (Lipinski definition) is 3. The molecule has 1 fully saturated rings. The van der Waals surface area contributed by atoms with Crippen LogP contribution in [0.2, 0.25) is 0 Å². The third-order valence-corrected chi connectivity index (χ3v) is 4.32. The maximum atomic E-state index is 12.6. The molecule has 1 aliphatic rings. The standard InChI is InChI=1S/C20H23N3O2/c1-15-7-9-17(10-8-15)22-19(24)13-18-20(25)23(12-11-21-18)14-16-5-3-2-4-6-16/h2-10,18,21H,11-14H2,1H3,(H,22,24)/t18-/m1/s1. The highest BCUT2D eigenvalue weighted by molar-refractivity contribution is 5.95. The van der Waals surface area contributed by atoms with Gasteiger partial charge < -0.3 is 15.5 Å². The molecule has 0 radical (unpaired) electrons. The first-order chi connectivity index (χ1) is 12.1. The zero-order valence-electron chi connectivity index (χ0n) is 14.4. The fourth-order valence-corrected chi connectivity index (χ4v) is 2.95. The lowest BCUT2D eigenvalue weighted by Crippen LogP contribution is -2.55. The van der Waals surface area contributed by atoms with Gasteiger partial charge in [0.05, 0.1) is 12.5 Å². The van der Waals surface area contributed by atoms with Crippen LogP contribution >= 0.6 is 0 Å². The van der Waals surface area contributed by atoms with Gasteiger partial charge in [0.25, 0.3) is 0 Å². The summed E-state index contributed by atoms with van der Waals surface area (Å²) in [6.07, 6.45) is 0.137. The molecule has 2 aromatic rings. The number of hydrogen-bond donors (Lipinski definition) is 2. The SMILES string of the molecule is Cc1ccc(NC(=O)C[C@H]2NCCN(Cc3ccccc3)C2=O)cc1. The van der Waals surface area contributed by atoms with Crippen LogP contribution in [-0.4, -0.2) is 35.8 Å². The van der Waals surface area contributed by atoms with E-state index in [1.807, 2.05) is 66.4 Å². The Morgan fingerprint density at radius 2 is 1.88 bits per heavy atom. The summed E-state index contributed by atoms with van der Waals surface area (Å²) in [7, 11) is 0. The number of nitrogens with zero attached hydrogens (tertiary/aromatic N) is 1. The van der Waals surface area contributed by atoms with E-state index in [9.17, 15) is 9.59 Å². The Morgan fingerprint density at radius 3 is 2.60 bits per heavy atom. The lowest BCUT2D eigenvalue weighted by Gasteiger charge is -2.33. The summed E-state index contributed by atoms with van der Waals surface area (Å²) < 4.78 is 0. The Hall–Kier alpha value is -2.66. The van der Waals surface area contributed by atoms with E-state index < -0.39 is 6.04 Å². The maximum absolute atomic E-state index is 12.6. The summed E-state index contributed by atoms with van der Waals surface area (Å²) in [5.41, 5.74) is 2.99. The van der Waals surface area contributed by atoms with Crippen LogP contribution in [-0.2, 0) is 16.1 Å². The molecule has 0 aromatic heterocycles. The molecule has 2 aromatic carbocycles. The number of piperazine rings is 1. The zero-order chi connectivity index (χ0) is 17.6. The van der Waals surface area contributed by atoms with E-state index in [-0.39, 0.29) is 18.2 Å². The van der Waals surface area contributed by atoms with Crippen LogP contribution < -0.4 is 10.6 Å². The van der Waals surface area contributed by atoms with Crippen molar-refractivity contribution < 1.29 is 9.59 Å². The van der Waals surface area contributed by atoms with Gasteiger partial charge in [-0.25, -0.2) is 0 Å². The summed E-state index contributed by atoms with van der Waals surface area (Å²) in [6.45, 7) is 3.93. The van der Waals surface area contributed by atoms with E-state index in [0.717, 1.165) is 16.8 Å². The highest BCUT2D eigenvalue weighted by Gasteiger charge is 2.30. The molecule has 5 nitrogen and oxygen atoms in total. The molecule has 0 aliphatic carbocycles. The van der Waals surface area contributed by atoms with Crippen molar-refractivity contribution in [2.75, 3.05) is 18.4 Å². The fraction of sp³-hybridized carbons (Fsp3) is 0.300. The van der Waals surface area contributed by atoms with E-state index in [1.54, 1.807) is 0 Å². The minimum atomic E-state index is -0.470. The lowest BCUT2D eigenvalue weighted by atomic mass is 10.1. The molecular weight excluding hydrogens is 314 g/mol. The Labute approximate surface area is 148 Å². The van der Waals surface area contributed by atoms with Crippen LogP contribution in [0.5, 0.6) is 0 Å². The van der Waals surface area contributed by atoms with Crippen LogP contribution in [0.15, 0.2) is 54.6 Å². The molecule has 0 saturated carbocycles. The maximum Gasteiger partial charge on any atom is 0.240 e. The highest BCUT2D eigenvalue weighted by atomic mass is 16.2. The number of benzene rings is 2. The quantitative estimate of drug-likeness (QED) is 0.880. The molecule has 1 saturated heterocycles. The van der Waals surface area contributed by atoms with Gasteiger partial charge in [-0.2, -0.15) is 0 Å². The minimum absolute atomic E-state index is 0.0193. The second-order valence-corrected chi connectivity index (χ2v) is 6.37. The first-order valence-corrected chi connectivity index (χ1v) is 8.54. The number of rotatable bonds is 5. The van der Waals surface area contributed by atoms with Crippen molar-refractivity contribution in [1.82, 2.24) is 10.2 Å². The molecule has 5 heteroatoms. The molecule has 2 N–H and O–H groups in total. The van der Waals surface area contributed by atoms with Gasteiger partial charge >= 0.3 is 0 Å². The summed E-state index contributed by atoms with van der Waals surface area (Å²) in [4.78, 5) is 26.7. The van der Waals surface area contributed by atoms with Gasteiger partial charge in [-0.15, -0.1) is 0 Å². The van der Waals surface area contributed by atoms with Gasteiger partial charge in [-0.3, -0.25) is 9.59 Å². The molecule has 1 heterocycles. The monoisotopic (exact) mass is 337 g/mol. The van der Waals surface area contributed by atoms with Crippen molar-refractivity contribution in [3.63, 3.8) is 0 Å². The first kappa shape index (κ1) is 17.2. The Morgan fingerprint density at radius 1 is 1.16 bits per heavy atom. The third kappa shape index (κ3) is 4.67. The smallest absolute Gasteiger partial charge is 0.240 e. The molecule has 1 aliphatic heterocycles. The Kier molecular flexibility index (Phi) is 5.46. The number of carbonyl (C=O) groups is 2. The van der Waals surface area contributed by atoms with Crippen LogP contribution in [0.3, 0.4) is 0 Å². The Bertz CT molecular complexity index is 728. The molecule has 1 atom stereocenters. The third-order valence-electron chi connectivity index (χ3n) is 4.32. The average molecular weight is 337 g/mol. The van der Waals surface area contributed by atoms with E-state index in [2.05, 4.69) is 10.6 Å². The molecule has 0 bridgehead atoms. The van der Waals surface area contributed by atoms with Crippen molar-refractivity contribution in [1.29, 1.82) is 0 Å². The van der Waals surface area contributed by atoms with Crippen LogP contribution in [0.1, 0.15) is 17.5 Å². The molecule has 0 spiro atoms. The molecule has 3 rings (SSSR count). The van der Waals surface area contributed by atoms with Gasteiger partial charge in [0, 0.05) is 25.3 Å². The van der Waals surface area contributed by atoms with Gasteiger partial charge in [-0.1, -0.05) is 48.0 Å². The highest BCUT2D eigenvalue weighted by Crippen LogP contribution is 2.13. The fourth-order valence-electron chi connectivity index (χ4n) is 2.95. The predicted molar refractivity (Wildman–Crippen MR) is 98.1 cm³/mol. The van der Waals surface area contributed by atoms with Crippen LogP contribution in [0.25, 0.3) is 0 Å². The van der Waals surface area contributed by atoms with Gasteiger partial charge in [0.15, 0.2) is 0 Å². The number of nitrogens with one attached hydrogen (secondary N) is 2. The van der Waals surface area contributed by atoms with Crippen LogP contribution in [0.4, 0.5) is 5.69 Å². The van der Waals surface area contributed by atoms with E-state index in [0.29, 0.717) is 19.6 Å². The second kappa shape index (κ2) is 7.94. The number of anilines is 1. The van der Waals surface area contributed by atoms with Gasteiger partial charge in [-0.05, 0) is 24.6 Å². The zero-order valence-corrected chi connectivity index (χ0v) is 14.4. The normalized spacial score (nSPS) is 17.4. The van der Waals surface area contributed by atoms with Crippen molar-refractivity contribution in [3.05, 3.63) is 65.7 Å². The van der Waals surface area contributed by atoms with Gasteiger partial charge in [0.2, 0.25) is 11.8 Å². The van der Waals surface area contributed by atoms with E-state index >= 15 is 0 Å². The average Bonchev–Trinajstić information content (AvgIpc) is 2.61. The Balaban J connectivity index is 1.57. The number of aryl methyl sites for hydroxylation is 1. The molecule has 2 amide bonds. The number of amides is 2. The lowest BCUT2D eigenvalue weighted by molar-refractivity contribution is -0.138. The molecule has 0 unspecified atom stereocenters. The van der Waals surface area contributed by atoms with Crippen molar-refractivity contribution >= 4 is 17.5 Å². The number of carbonyl (C=O) groups excluding carboxylic acids is 2. The minimum Gasteiger partial charge on any atom is -0.336 e. The molecule has 130 valence electrons. The van der Waals surface area contributed by atoms with E-state index in [4.69, 9.17) is 0 Å². The summed E-state index contributed by atoms with van der Waals surface area (Å²) in [5.74, 6) is -0.176. The van der Waals surface area contributed by atoms with Crippen molar-refractivity contribution in [2.45, 2.75) is 25.9 Å². The van der Waals surface area contributed by atoms with Crippen LogP contribution in [0, 0.1) is 6.92 Å². The summed E-state index contributed by atoms with van der Waals surface area (Å²) in [6, 6.07) is 17.1. The predicted octanol–water partition coefficient (Wildman–Crippen LogP) is 2.32. The molecular formula is C20H23N3O2. The van der Waals surface area contributed by atoms with Crippen molar-refractivity contribution in [2.24, 2.45) is 0 Å². The van der Waals surface area contributed by atoms with Gasteiger partial charge in [0.1, 0.15) is 0 Å². The van der Waals surface area contributed by atoms with Crippen molar-refractivity contribution in [3.8, 4) is 0 Å². The van der Waals surface area contributed by atoms with E-state index in [1.165, 1.54) is 0 Å². The largest absolute Gasteiger partial charge is 0.336 e. The molecule has 25 heavy (non-hydrogen) atoms. The second-order valence-electron chi connectivity index (χ2n) is 6.37. The first-order valence-electron chi connectivity index (χ1n) is 8.54.